The van der Waals surface area contributed by atoms with E-state index in [1.54, 1.807) is 0 Å². The van der Waals surface area contributed by atoms with Gasteiger partial charge in [0.05, 0.1) is 12.0 Å². The lowest BCUT2D eigenvalue weighted by atomic mass is 9.91. The predicted octanol–water partition coefficient (Wildman–Crippen LogP) is -1.29. The summed E-state index contributed by atoms with van der Waals surface area (Å²) in [5.74, 6) is 0.576. The van der Waals surface area contributed by atoms with Crippen LogP contribution in [0.25, 0.3) is 0 Å². The predicted molar refractivity (Wildman–Crippen MR) is 76.9 cm³/mol. The van der Waals surface area contributed by atoms with E-state index in [4.69, 9.17) is 11.6 Å². The van der Waals surface area contributed by atoms with Crippen LogP contribution < -0.4 is 18.1 Å². The Morgan fingerprint density at radius 2 is 2.10 bits per heavy atom. The van der Waals surface area contributed by atoms with Crippen LogP contribution in [0.1, 0.15) is 25.8 Å². The quantitative estimate of drug-likeness (QED) is 0.722. The number of amides is 1. The molecule has 1 amide bonds. The molecule has 0 unspecified atom stereocenters. The molecule has 0 radical (unpaired) electrons. The zero-order valence-electron chi connectivity index (χ0n) is 12.0. The first-order chi connectivity index (χ1) is 9.09. The van der Waals surface area contributed by atoms with Crippen molar-refractivity contribution < 1.29 is 22.9 Å². The van der Waals surface area contributed by atoms with Crippen molar-refractivity contribution >= 4 is 17.5 Å². The Balaban J connectivity index is 0.00000200. The van der Waals surface area contributed by atoms with Gasteiger partial charge in [0.25, 0.3) is 0 Å². The highest BCUT2D eigenvalue weighted by atomic mass is 35.5. The number of quaternary nitrogens is 1. The summed E-state index contributed by atoms with van der Waals surface area (Å²) in [6, 6.07) is 7.72. The highest BCUT2D eigenvalue weighted by molar-refractivity contribution is 6.30. The van der Waals surface area contributed by atoms with Gasteiger partial charge in [-0.05, 0) is 38.0 Å². The molecule has 2 atom stereocenters. The van der Waals surface area contributed by atoms with Crippen LogP contribution in [0.15, 0.2) is 24.3 Å². The van der Waals surface area contributed by atoms with Crippen LogP contribution in [0.5, 0.6) is 0 Å². The van der Waals surface area contributed by atoms with Gasteiger partial charge in [-0.1, -0.05) is 23.7 Å². The van der Waals surface area contributed by atoms with E-state index in [2.05, 4.69) is 5.73 Å². The van der Waals surface area contributed by atoms with Crippen LogP contribution in [0.3, 0.4) is 0 Å². The molecule has 1 aromatic rings. The zero-order chi connectivity index (χ0) is 14.0. The maximum Gasteiger partial charge on any atom is 0.233 e. The van der Waals surface area contributed by atoms with Gasteiger partial charge in [-0.2, -0.15) is 0 Å². The number of carbonyl (C=O) groups excluding carboxylic acids is 1. The fourth-order valence-electron chi connectivity index (χ4n) is 2.98. The fourth-order valence-corrected chi connectivity index (χ4v) is 3.17. The van der Waals surface area contributed by atoms with E-state index in [0.717, 1.165) is 31.6 Å². The van der Waals surface area contributed by atoms with E-state index < -0.39 is 0 Å². The second-order valence-electron chi connectivity index (χ2n) is 5.15. The van der Waals surface area contributed by atoms with E-state index in [-0.39, 0.29) is 23.7 Å². The maximum atomic E-state index is 12.8. The normalized spacial score (nSPS) is 23.9. The van der Waals surface area contributed by atoms with Crippen molar-refractivity contribution in [1.82, 2.24) is 4.90 Å². The van der Waals surface area contributed by atoms with Gasteiger partial charge in [0.15, 0.2) is 0 Å². The Morgan fingerprint density at radius 1 is 1.45 bits per heavy atom. The minimum Gasteiger partial charge on any atom is -1.00 e. The highest BCUT2D eigenvalue weighted by Gasteiger charge is 2.62. The highest BCUT2D eigenvalue weighted by Crippen LogP contribution is 2.55. The summed E-state index contributed by atoms with van der Waals surface area (Å²) in [6.07, 6.45) is 0.895. The molecule has 1 saturated carbocycles. The van der Waals surface area contributed by atoms with E-state index in [9.17, 15) is 4.79 Å². The summed E-state index contributed by atoms with van der Waals surface area (Å²) in [6.45, 7) is 6.34. The SMILES string of the molecule is CCN(CC)C(=O)[C@]1(c2cccc(Cl)c2)C[C@@H]1C[NH3+].[Cl-]. The molecule has 5 heteroatoms. The molecular weight excluding hydrogens is 295 g/mol. The van der Waals surface area contributed by atoms with Crippen molar-refractivity contribution in [2.75, 3.05) is 19.6 Å². The van der Waals surface area contributed by atoms with Gasteiger partial charge in [0.2, 0.25) is 5.91 Å². The monoisotopic (exact) mass is 316 g/mol. The molecule has 1 aliphatic carbocycles. The lowest BCUT2D eigenvalue weighted by Crippen LogP contribution is -3.00. The minimum atomic E-state index is -0.376. The number of hydrogen-bond donors (Lipinski definition) is 1. The van der Waals surface area contributed by atoms with Crippen molar-refractivity contribution in [1.29, 1.82) is 0 Å². The first-order valence-electron chi connectivity index (χ1n) is 6.94. The summed E-state index contributed by atoms with van der Waals surface area (Å²) in [4.78, 5) is 14.7. The van der Waals surface area contributed by atoms with Gasteiger partial charge in [-0.15, -0.1) is 0 Å². The second kappa shape index (κ2) is 6.79. The van der Waals surface area contributed by atoms with Crippen LogP contribution in [0.4, 0.5) is 0 Å². The largest absolute Gasteiger partial charge is 1.00 e. The number of nitrogens with zero attached hydrogens (tertiary/aromatic N) is 1. The van der Waals surface area contributed by atoms with Crippen molar-refractivity contribution in [2.24, 2.45) is 5.92 Å². The second-order valence-corrected chi connectivity index (χ2v) is 5.59. The zero-order valence-corrected chi connectivity index (χ0v) is 13.5. The fraction of sp³-hybridized carbons (Fsp3) is 0.533. The Bertz CT molecular complexity index is 477. The number of carbonyl (C=O) groups is 1. The summed E-state index contributed by atoms with van der Waals surface area (Å²) < 4.78 is 0. The minimum absolute atomic E-state index is 0. The summed E-state index contributed by atoms with van der Waals surface area (Å²) in [7, 11) is 0. The molecule has 2 rings (SSSR count). The molecule has 0 heterocycles. The first kappa shape index (κ1) is 17.3. The smallest absolute Gasteiger partial charge is 0.233 e. The van der Waals surface area contributed by atoms with Crippen LogP contribution in [0, 0.1) is 5.92 Å². The van der Waals surface area contributed by atoms with Gasteiger partial charge in [-0.3, -0.25) is 4.79 Å². The molecule has 0 aliphatic heterocycles. The number of rotatable bonds is 5. The summed E-state index contributed by atoms with van der Waals surface area (Å²) in [5.41, 5.74) is 4.65. The van der Waals surface area contributed by atoms with Gasteiger partial charge < -0.3 is 23.0 Å². The van der Waals surface area contributed by atoms with Gasteiger partial charge in [0.1, 0.15) is 0 Å². The number of hydrogen-bond acceptors (Lipinski definition) is 1. The lowest BCUT2D eigenvalue weighted by Gasteiger charge is -2.26. The van der Waals surface area contributed by atoms with Crippen LogP contribution in [-0.2, 0) is 10.2 Å². The molecule has 3 N–H and O–H groups in total. The molecule has 1 aromatic carbocycles. The van der Waals surface area contributed by atoms with E-state index in [1.807, 2.05) is 43.0 Å². The molecule has 0 bridgehead atoms. The average Bonchev–Trinajstić information content (AvgIpc) is 3.15. The van der Waals surface area contributed by atoms with Crippen molar-refractivity contribution in [3.63, 3.8) is 0 Å². The number of halogens is 2. The van der Waals surface area contributed by atoms with Crippen LogP contribution in [-0.4, -0.2) is 30.4 Å². The topological polar surface area (TPSA) is 48.0 Å². The Kier molecular flexibility index (Phi) is 5.87. The molecule has 1 fully saturated rings. The standard InChI is InChI=1S/C15H21ClN2O.ClH/c1-3-18(4-2)14(19)15(9-12(15)10-17)11-6-5-7-13(16)8-11;/h5-8,12H,3-4,9-10,17H2,1-2H3;1H/t12-,15+;/m1./s1. The third-order valence-electron chi connectivity index (χ3n) is 4.23. The molecule has 3 nitrogen and oxygen atoms in total. The first-order valence-corrected chi connectivity index (χ1v) is 7.32. The Hall–Kier alpha value is -0.770. The molecule has 0 aromatic heterocycles. The molecule has 0 spiro atoms. The van der Waals surface area contributed by atoms with Crippen molar-refractivity contribution in [3.8, 4) is 0 Å². The van der Waals surface area contributed by atoms with Crippen LogP contribution >= 0.6 is 11.6 Å². The van der Waals surface area contributed by atoms with E-state index >= 15 is 0 Å². The summed E-state index contributed by atoms with van der Waals surface area (Å²) in [5, 5.41) is 0.693. The lowest BCUT2D eigenvalue weighted by molar-refractivity contribution is -0.373. The number of benzene rings is 1. The maximum absolute atomic E-state index is 12.8. The number of likely N-dealkylation sites (N-methyl/N-ethyl adjacent to an activating group) is 1. The average molecular weight is 317 g/mol. The molecule has 20 heavy (non-hydrogen) atoms. The summed E-state index contributed by atoms with van der Waals surface area (Å²) >= 11 is 6.08. The van der Waals surface area contributed by atoms with Gasteiger partial charge in [-0.25, -0.2) is 0 Å². The van der Waals surface area contributed by atoms with Gasteiger partial charge in [0, 0.05) is 24.0 Å². The van der Waals surface area contributed by atoms with Crippen molar-refractivity contribution in [3.05, 3.63) is 34.9 Å². The van der Waals surface area contributed by atoms with Gasteiger partial charge >= 0.3 is 0 Å². The van der Waals surface area contributed by atoms with E-state index in [1.165, 1.54) is 0 Å². The Morgan fingerprint density at radius 3 is 2.55 bits per heavy atom. The third kappa shape index (κ3) is 2.80. The van der Waals surface area contributed by atoms with E-state index in [0.29, 0.717) is 10.9 Å². The Labute approximate surface area is 131 Å². The van der Waals surface area contributed by atoms with Crippen LogP contribution in [0.2, 0.25) is 5.02 Å². The third-order valence-corrected chi connectivity index (χ3v) is 4.46. The molecule has 112 valence electrons. The molecular formula is C15H22Cl2N2O. The van der Waals surface area contributed by atoms with Crippen molar-refractivity contribution in [2.45, 2.75) is 25.7 Å². The molecule has 0 saturated heterocycles. The molecule has 1 aliphatic rings.